The summed E-state index contributed by atoms with van der Waals surface area (Å²) in [5.74, 6) is -0.419. The second-order valence-corrected chi connectivity index (χ2v) is 10.8. The molecule has 2 rings (SSSR count). The predicted molar refractivity (Wildman–Crippen MR) is 124 cm³/mol. The maximum absolute atomic E-state index is 12.2. The summed E-state index contributed by atoms with van der Waals surface area (Å²) < 4.78 is 24.3. The number of nitrogens with one attached hydrogen (secondary N) is 2. The molecule has 0 aromatic heterocycles. The van der Waals surface area contributed by atoms with Gasteiger partial charge in [-0.3, -0.25) is 9.59 Å². The van der Waals surface area contributed by atoms with Crippen molar-refractivity contribution in [2.45, 2.75) is 44.8 Å². The quantitative estimate of drug-likeness (QED) is 0.551. The Morgan fingerprint density at radius 2 is 1.52 bits per heavy atom. The van der Waals surface area contributed by atoms with E-state index in [1.54, 1.807) is 24.3 Å². The first-order valence-corrected chi connectivity index (χ1v) is 12.3. The average molecular weight is 445 g/mol. The molecule has 7 heteroatoms. The highest BCUT2D eigenvalue weighted by Crippen LogP contribution is 2.22. The van der Waals surface area contributed by atoms with Crippen LogP contribution in [0.25, 0.3) is 0 Å². The summed E-state index contributed by atoms with van der Waals surface area (Å²) >= 11 is 0. The van der Waals surface area contributed by atoms with E-state index in [1.165, 1.54) is 0 Å². The smallest absolute Gasteiger partial charge is 0.251 e. The van der Waals surface area contributed by atoms with Crippen molar-refractivity contribution in [3.8, 4) is 0 Å². The fourth-order valence-corrected chi connectivity index (χ4v) is 4.45. The molecule has 0 saturated heterocycles. The molecule has 2 N–H and O–H groups in total. The third-order valence-corrected chi connectivity index (χ3v) is 6.52. The van der Waals surface area contributed by atoms with Crippen molar-refractivity contribution in [3.63, 3.8) is 0 Å². The Balaban J connectivity index is 1.64. The van der Waals surface area contributed by atoms with Crippen LogP contribution in [0.3, 0.4) is 0 Å². The minimum atomic E-state index is -3.21. The first-order valence-electron chi connectivity index (χ1n) is 10.5. The lowest BCUT2D eigenvalue weighted by Crippen LogP contribution is -2.31. The van der Waals surface area contributed by atoms with Gasteiger partial charge >= 0.3 is 0 Å². The van der Waals surface area contributed by atoms with Crippen LogP contribution in [0.1, 0.15) is 55.1 Å². The molecule has 0 bridgehead atoms. The van der Waals surface area contributed by atoms with Crippen LogP contribution in [0.4, 0.5) is 0 Å². The van der Waals surface area contributed by atoms with Crippen molar-refractivity contribution in [1.29, 1.82) is 0 Å². The first-order chi connectivity index (χ1) is 14.6. The minimum absolute atomic E-state index is 0.00451. The van der Waals surface area contributed by atoms with Crippen LogP contribution in [0.2, 0.25) is 0 Å². The maximum Gasteiger partial charge on any atom is 0.251 e. The zero-order valence-electron chi connectivity index (χ0n) is 18.5. The van der Waals surface area contributed by atoms with Crippen LogP contribution in [0, 0.1) is 0 Å². The summed E-state index contributed by atoms with van der Waals surface area (Å²) in [6.45, 7) is 6.84. The Kier molecular flexibility index (Phi) is 8.80. The Hall–Kier alpha value is -2.67. The van der Waals surface area contributed by atoms with Crippen LogP contribution < -0.4 is 10.6 Å². The van der Waals surface area contributed by atoms with E-state index in [0.717, 1.165) is 11.1 Å². The Morgan fingerprint density at radius 3 is 2.13 bits per heavy atom. The number of carbonyl (C=O) groups is 2. The molecule has 0 atom stereocenters. The third-order valence-electron chi connectivity index (χ3n) is 4.83. The van der Waals surface area contributed by atoms with Gasteiger partial charge in [0.15, 0.2) is 9.84 Å². The Bertz CT molecular complexity index is 963. The van der Waals surface area contributed by atoms with E-state index in [1.807, 2.05) is 30.3 Å². The van der Waals surface area contributed by atoms with Gasteiger partial charge in [-0.15, -0.1) is 0 Å². The molecule has 31 heavy (non-hydrogen) atoms. The largest absolute Gasteiger partial charge is 0.356 e. The Labute approximate surface area is 185 Å². The second-order valence-electron chi connectivity index (χ2n) is 8.61. The van der Waals surface area contributed by atoms with Crippen molar-refractivity contribution >= 4 is 21.7 Å². The van der Waals surface area contributed by atoms with Gasteiger partial charge < -0.3 is 10.6 Å². The lowest BCUT2D eigenvalue weighted by atomic mass is 9.87. The number of sulfone groups is 1. The minimum Gasteiger partial charge on any atom is -0.356 e. The standard InChI is InChI=1S/C24H32N2O4S/c1-24(2,3)21-12-10-20(11-13-21)23(28)26-16-14-22(27)25-15-7-17-31(29,30)18-19-8-5-4-6-9-19/h4-6,8-13H,7,14-18H2,1-3H3,(H,25,27)(H,26,28). The van der Waals surface area contributed by atoms with Crippen molar-refractivity contribution in [3.05, 3.63) is 71.3 Å². The van der Waals surface area contributed by atoms with Crippen LogP contribution in [-0.2, 0) is 25.8 Å². The summed E-state index contributed by atoms with van der Waals surface area (Å²) in [6, 6.07) is 16.5. The molecule has 0 saturated carbocycles. The van der Waals surface area contributed by atoms with Crippen molar-refractivity contribution in [1.82, 2.24) is 10.6 Å². The van der Waals surface area contributed by atoms with E-state index in [2.05, 4.69) is 31.4 Å². The molecule has 0 unspecified atom stereocenters. The summed E-state index contributed by atoms with van der Waals surface area (Å²) in [7, 11) is -3.21. The lowest BCUT2D eigenvalue weighted by molar-refractivity contribution is -0.120. The predicted octanol–water partition coefficient (Wildman–Crippen LogP) is 3.23. The molecule has 0 aliphatic heterocycles. The molecule has 0 spiro atoms. The highest BCUT2D eigenvalue weighted by Gasteiger charge is 2.15. The molecule has 0 fully saturated rings. The van der Waals surface area contributed by atoms with Gasteiger partial charge in [-0.2, -0.15) is 0 Å². The molecule has 168 valence electrons. The van der Waals surface area contributed by atoms with Gasteiger partial charge in [-0.05, 0) is 35.1 Å². The van der Waals surface area contributed by atoms with Gasteiger partial charge in [0.05, 0.1) is 11.5 Å². The van der Waals surface area contributed by atoms with E-state index in [0.29, 0.717) is 12.0 Å². The van der Waals surface area contributed by atoms with E-state index in [9.17, 15) is 18.0 Å². The summed E-state index contributed by atoms with van der Waals surface area (Å²) in [4.78, 5) is 24.1. The highest BCUT2D eigenvalue weighted by molar-refractivity contribution is 7.90. The number of rotatable bonds is 10. The fourth-order valence-electron chi connectivity index (χ4n) is 3.02. The third kappa shape index (κ3) is 8.92. The average Bonchev–Trinajstić information content (AvgIpc) is 2.71. The summed E-state index contributed by atoms with van der Waals surface area (Å²) in [5.41, 5.74) is 2.48. The lowest BCUT2D eigenvalue weighted by Gasteiger charge is -2.19. The van der Waals surface area contributed by atoms with Gasteiger partial charge in [0.2, 0.25) is 5.91 Å². The summed E-state index contributed by atoms with van der Waals surface area (Å²) in [6.07, 6.45) is 0.496. The summed E-state index contributed by atoms with van der Waals surface area (Å²) in [5, 5.41) is 5.44. The van der Waals surface area contributed by atoms with Gasteiger partial charge in [-0.1, -0.05) is 63.2 Å². The van der Waals surface area contributed by atoms with E-state index in [4.69, 9.17) is 0 Å². The van der Waals surface area contributed by atoms with Gasteiger partial charge in [-0.25, -0.2) is 8.42 Å². The highest BCUT2D eigenvalue weighted by atomic mass is 32.2. The molecule has 0 aliphatic carbocycles. The molecule has 2 aromatic carbocycles. The van der Waals surface area contributed by atoms with Crippen molar-refractivity contribution in [2.24, 2.45) is 0 Å². The van der Waals surface area contributed by atoms with Crippen LogP contribution in [0.5, 0.6) is 0 Å². The normalized spacial score (nSPS) is 11.7. The molecular formula is C24H32N2O4S. The molecule has 2 amide bonds. The van der Waals surface area contributed by atoms with Crippen LogP contribution in [0.15, 0.2) is 54.6 Å². The maximum atomic E-state index is 12.2. The molecule has 0 radical (unpaired) electrons. The fraction of sp³-hybridized carbons (Fsp3) is 0.417. The van der Waals surface area contributed by atoms with E-state index >= 15 is 0 Å². The van der Waals surface area contributed by atoms with E-state index < -0.39 is 9.84 Å². The number of benzene rings is 2. The van der Waals surface area contributed by atoms with Gasteiger partial charge in [0, 0.05) is 25.1 Å². The number of hydrogen-bond donors (Lipinski definition) is 2. The van der Waals surface area contributed by atoms with Gasteiger partial charge in [0.25, 0.3) is 5.91 Å². The second kappa shape index (κ2) is 11.1. The molecule has 0 heterocycles. The van der Waals surface area contributed by atoms with Crippen LogP contribution in [-0.4, -0.2) is 39.1 Å². The monoisotopic (exact) mass is 444 g/mol. The van der Waals surface area contributed by atoms with Crippen LogP contribution >= 0.6 is 0 Å². The van der Waals surface area contributed by atoms with Crippen molar-refractivity contribution < 1.29 is 18.0 Å². The SMILES string of the molecule is CC(C)(C)c1ccc(C(=O)NCCC(=O)NCCCS(=O)(=O)Cc2ccccc2)cc1. The molecule has 6 nitrogen and oxygen atoms in total. The topological polar surface area (TPSA) is 92.3 Å². The van der Waals surface area contributed by atoms with E-state index in [-0.39, 0.29) is 48.2 Å². The zero-order valence-corrected chi connectivity index (χ0v) is 19.3. The number of carbonyl (C=O) groups excluding carboxylic acids is 2. The van der Waals surface area contributed by atoms with Crippen molar-refractivity contribution in [2.75, 3.05) is 18.8 Å². The first kappa shape index (κ1) is 24.6. The Morgan fingerprint density at radius 1 is 0.871 bits per heavy atom. The van der Waals surface area contributed by atoms with Gasteiger partial charge in [0.1, 0.15) is 0 Å². The molecule has 0 aliphatic rings. The number of hydrogen-bond acceptors (Lipinski definition) is 4. The zero-order chi connectivity index (χ0) is 22.9. The molecular weight excluding hydrogens is 412 g/mol. The molecule has 2 aromatic rings. The number of amides is 2.